The molecule has 21 heavy (non-hydrogen) atoms. The van der Waals surface area contributed by atoms with Gasteiger partial charge in [-0.1, -0.05) is 37.3 Å². The first-order valence-electron chi connectivity index (χ1n) is 7.45. The van der Waals surface area contributed by atoms with E-state index in [9.17, 15) is 0 Å². The van der Waals surface area contributed by atoms with E-state index in [0.29, 0.717) is 6.54 Å². The largest absolute Gasteiger partial charge is 0.357 e. The van der Waals surface area contributed by atoms with Gasteiger partial charge in [0.2, 0.25) is 0 Å². The topological polar surface area (TPSA) is 65.1 Å². The lowest BCUT2D eigenvalue weighted by atomic mass is 10.2. The minimum Gasteiger partial charge on any atom is -0.357 e. The molecule has 112 valence electrons. The molecule has 1 aromatic heterocycles. The maximum atomic E-state index is 4.53. The van der Waals surface area contributed by atoms with Crippen LogP contribution in [0.1, 0.15) is 26.1 Å². The predicted octanol–water partition coefficient (Wildman–Crippen LogP) is 2.54. The van der Waals surface area contributed by atoms with Gasteiger partial charge < -0.3 is 15.6 Å². The average Bonchev–Trinajstić information content (AvgIpc) is 3.00. The van der Waals surface area contributed by atoms with Crippen LogP contribution >= 0.6 is 0 Å². The molecule has 0 bridgehead atoms. The fourth-order valence-electron chi connectivity index (χ4n) is 1.95. The summed E-state index contributed by atoms with van der Waals surface area (Å²) in [6.07, 6.45) is 2.93. The minimum absolute atomic E-state index is 0.534. The standard InChI is InChI=1S/C16H23N5/c1-3-10-18-16(17-4-2)20-12-15-19-11-14(21-15)13-8-6-5-7-9-13/h5-9,11H,3-4,10,12H2,1-2H3,(H,19,21)(H2,17,18,20). The first-order chi connectivity index (χ1) is 10.3. The van der Waals surface area contributed by atoms with Crippen LogP contribution in [0.4, 0.5) is 0 Å². The Labute approximate surface area is 125 Å². The number of H-pyrrole nitrogens is 1. The van der Waals surface area contributed by atoms with E-state index in [0.717, 1.165) is 42.6 Å². The monoisotopic (exact) mass is 285 g/mol. The number of nitrogens with one attached hydrogen (secondary N) is 3. The summed E-state index contributed by atoms with van der Waals surface area (Å²) >= 11 is 0. The Morgan fingerprint density at radius 2 is 2.00 bits per heavy atom. The SMILES string of the molecule is CCCNC(=NCc1ncc(-c2ccccc2)[nH]1)NCC. The number of imidazole rings is 1. The van der Waals surface area contributed by atoms with E-state index in [1.165, 1.54) is 0 Å². The van der Waals surface area contributed by atoms with E-state index in [1.807, 2.05) is 24.4 Å². The van der Waals surface area contributed by atoms with Gasteiger partial charge in [-0.25, -0.2) is 9.98 Å². The maximum absolute atomic E-state index is 4.53. The van der Waals surface area contributed by atoms with Crippen LogP contribution in [0, 0.1) is 0 Å². The molecule has 0 aliphatic carbocycles. The summed E-state index contributed by atoms with van der Waals surface area (Å²) in [5.41, 5.74) is 2.16. The van der Waals surface area contributed by atoms with Crippen LogP contribution in [-0.2, 0) is 6.54 Å². The summed E-state index contributed by atoms with van der Waals surface area (Å²) < 4.78 is 0. The van der Waals surface area contributed by atoms with Crippen molar-refractivity contribution in [3.63, 3.8) is 0 Å². The van der Waals surface area contributed by atoms with Gasteiger partial charge in [0.1, 0.15) is 12.4 Å². The molecular weight excluding hydrogens is 262 g/mol. The van der Waals surface area contributed by atoms with Crippen molar-refractivity contribution in [2.24, 2.45) is 4.99 Å². The van der Waals surface area contributed by atoms with Crippen molar-refractivity contribution >= 4 is 5.96 Å². The maximum Gasteiger partial charge on any atom is 0.191 e. The Bertz CT molecular complexity index is 559. The fourth-order valence-corrected chi connectivity index (χ4v) is 1.95. The van der Waals surface area contributed by atoms with Gasteiger partial charge in [0, 0.05) is 13.1 Å². The van der Waals surface area contributed by atoms with Gasteiger partial charge in [0.15, 0.2) is 5.96 Å². The Morgan fingerprint density at radius 3 is 2.71 bits per heavy atom. The lowest BCUT2D eigenvalue weighted by Gasteiger charge is -2.09. The van der Waals surface area contributed by atoms with Crippen molar-refractivity contribution in [2.45, 2.75) is 26.8 Å². The Balaban J connectivity index is 2.01. The highest BCUT2D eigenvalue weighted by Crippen LogP contribution is 2.16. The molecule has 0 spiro atoms. The van der Waals surface area contributed by atoms with E-state index >= 15 is 0 Å². The molecule has 5 heteroatoms. The molecule has 0 unspecified atom stereocenters. The third kappa shape index (κ3) is 4.63. The molecule has 0 saturated carbocycles. The molecule has 0 amide bonds. The van der Waals surface area contributed by atoms with Crippen molar-refractivity contribution in [3.8, 4) is 11.3 Å². The molecule has 0 atom stereocenters. The van der Waals surface area contributed by atoms with Crippen LogP contribution < -0.4 is 10.6 Å². The summed E-state index contributed by atoms with van der Waals surface area (Å²) in [6, 6.07) is 10.2. The number of aromatic amines is 1. The molecule has 2 aromatic rings. The van der Waals surface area contributed by atoms with Gasteiger partial charge in [-0.05, 0) is 18.9 Å². The van der Waals surface area contributed by atoms with Gasteiger partial charge in [0.05, 0.1) is 11.9 Å². The van der Waals surface area contributed by atoms with Crippen LogP contribution in [0.5, 0.6) is 0 Å². The normalized spacial score (nSPS) is 11.4. The van der Waals surface area contributed by atoms with Crippen molar-refractivity contribution in [1.82, 2.24) is 20.6 Å². The summed E-state index contributed by atoms with van der Waals surface area (Å²) in [5, 5.41) is 6.50. The van der Waals surface area contributed by atoms with Crippen LogP contribution in [-0.4, -0.2) is 29.0 Å². The first kappa shape index (κ1) is 15.1. The highest BCUT2D eigenvalue weighted by molar-refractivity contribution is 5.79. The van der Waals surface area contributed by atoms with Gasteiger partial charge in [-0.15, -0.1) is 0 Å². The van der Waals surface area contributed by atoms with E-state index in [-0.39, 0.29) is 0 Å². The molecule has 0 fully saturated rings. The van der Waals surface area contributed by atoms with Gasteiger partial charge >= 0.3 is 0 Å². The molecule has 3 N–H and O–H groups in total. The quantitative estimate of drug-likeness (QED) is 0.564. The summed E-state index contributed by atoms with van der Waals surface area (Å²) in [7, 11) is 0. The van der Waals surface area contributed by atoms with Crippen molar-refractivity contribution < 1.29 is 0 Å². The number of hydrogen-bond donors (Lipinski definition) is 3. The molecule has 1 heterocycles. The Hall–Kier alpha value is -2.30. The van der Waals surface area contributed by atoms with Crippen LogP contribution in [0.15, 0.2) is 41.5 Å². The molecular formula is C16H23N5. The predicted molar refractivity (Wildman–Crippen MR) is 87.1 cm³/mol. The average molecular weight is 285 g/mol. The fraction of sp³-hybridized carbons (Fsp3) is 0.375. The second-order valence-electron chi connectivity index (χ2n) is 4.73. The Kier molecular flexibility index (Phi) is 5.82. The highest BCUT2D eigenvalue weighted by atomic mass is 15.2. The minimum atomic E-state index is 0.534. The number of benzene rings is 1. The third-order valence-electron chi connectivity index (χ3n) is 2.99. The van der Waals surface area contributed by atoms with Crippen LogP contribution in [0.25, 0.3) is 11.3 Å². The van der Waals surface area contributed by atoms with Crippen molar-refractivity contribution in [2.75, 3.05) is 13.1 Å². The molecule has 0 saturated heterocycles. The van der Waals surface area contributed by atoms with Gasteiger partial charge in [-0.3, -0.25) is 0 Å². The number of nitrogens with zero attached hydrogens (tertiary/aromatic N) is 2. The molecule has 2 rings (SSSR count). The molecule has 1 aromatic carbocycles. The first-order valence-corrected chi connectivity index (χ1v) is 7.45. The van der Waals surface area contributed by atoms with E-state index in [2.05, 4.69) is 51.6 Å². The lowest BCUT2D eigenvalue weighted by Crippen LogP contribution is -2.37. The number of guanidine groups is 1. The molecule has 0 radical (unpaired) electrons. The third-order valence-corrected chi connectivity index (χ3v) is 2.99. The highest BCUT2D eigenvalue weighted by Gasteiger charge is 2.03. The van der Waals surface area contributed by atoms with Gasteiger partial charge in [0.25, 0.3) is 0 Å². The number of aliphatic imine (C=N–C) groups is 1. The number of rotatable bonds is 6. The Morgan fingerprint density at radius 1 is 1.19 bits per heavy atom. The molecule has 0 aliphatic rings. The van der Waals surface area contributed by atoms with E-state index in [1.54, 1.807) is 0 Å². The summed E-state index contributed by atoms with van der Waals surface area (Å²) in [4.78, 5) is 12.2. The zero-order chi connectivity index (χ0) is 14.9. The summed E-state index contributed by atoms with van der Waals surface area (Å²) in [5.74, 6) is 1.69. The molecule has 0 aliphatic heterocycles. The smallest absolute Gasteiger partial charge is 0.191 e. The zero-order valence-corrected chi connectivity index (χ0v) is 12.7. The lowest BCUT2D eigenvalue weighted by molar-refractivity contribution is 0.781. The van der Waals surface area contributed by atoms with E-state index < -0.39 is 0 Å². The molecule has 5 nitrogen and oxygen atoms in total. The van der Waals surface area contributed by atoms with Crippen LogP contribution in [0.3, 0.4) is 0 Å². The van der Waals surface area contributed by atoms with Crippen molar-refractivity contribution in [3.05, 3.63) is 42.4 Å². The second kappa shape index (κ2) is 8.09. The van der Waals surface area contributed by atoms with Crippen molar-refractivity contribution in [1.29, 1.82) is 0 Å². The van der Waals surface area contributed by atoms with Crippen LogP contribution in [0.2, 0.25) is 0 Å². The van der Waals surface area contributed by atoms with Gasteiger partial charge in [-0.2, -0.15) is 0 Å². The second-order valence-corrected chi connectivity index (χ2v) is 4.73. The summed E-state index contributed by atoms with van der Waals surface area (Å²) in [6.45, 7) is 6.49. The number of hydrogen-bond acceptors (Lipinski definition) is 2. The number of aromatic nitrogens is 2. The van der Waals surface area contributed by atoms with E-state index in [4.69, 9.17) is 0 Å². The zero-order valence-electron chi connectivity index (χ0n) is 12.7.